The van der Waals surface area contributed by atoms with Crippen LogP contribution in [0.25, 0.3) is 0 Å². The molecule has 0 saturated carbocycles. The number of likely N-dealkylation sites (N-methyl/N-ethyl adjacent to an activating group) is 2. The molecule has 4 rings (SSSR count). The third kappa shape index (κ3) is 6.66. The van der Waals surface area contributed by atoms with Crippen LogP contribution in [0.2, 0.25) is 0 Å². The van der Waals surface area contributed by atoms with Gasteiger partial charge in [-0.2, -0.15) is 5.26 Å². The number of piperidine rings is 1. The maximum absolute atomic E-state index is 13.6. The first-order chi connectivity index (χ1) is 18.8. The second-order valence-corrected chi connectivity index (χ2v) is 10.2. The molecule has 1 fully saturated rings. The average molecular weight is 529 g/mol. The predicted octanol–water partition coefficient (Wildman–Crippen LogP) is 5.39. The van der Waals surface area contributed by atoms with Crippen LogP contribution < -0.4 is 15.1 Å². The van der Waals surface area contributed by atoms with Gasteiger partial charge in [0.25, 0.3) is 5.91 Å². The van der Waals surface area contributed by atoms with Crippen molar-refractivity contribution in [2.75, 3.05) is 54.9 Å². The maximum Gasteiger partial charge on any atom is 0.254 e. The fourth-order valence-corrected chi connectivity index (χ4v) is 5.13. The Bertz CT molecular complexity index is 1350. The number of carbonyl (C=O) groups excluding carboxylic acids is 1. The molecule has 1 amide bonds. The van der Waals surface area contributed by atoms with E-state index in [-0.39, 0.29) is 17.8 Å². The zero-order valence-corrected chi connectivity index (χ0v) is 23.2. The Kier molecular flexibility index (Phi) is 9.03. The summed E-state index contributed by atoms with van der Waals surface area (Å²) in [6.07, 6.45) is 3.33. The minimum Gasteiger partial charge on any atom is -0.382 e. The van der Waals surface area contributed by atoms with E-state index >= 15 is 0 Å². The molecule has 0 bridgehead atoms. The summed E-state index contributed by atoms with van der Waals surface area (Å²) in [4.78, 5) is 23.8. The summed E-state index contributed by atoms with van der Waals surface area (Å²) in [6, 6.07) is 17.1. The number of benzene rings is 2. The number of rotatable bonds is 9. The van der Waals surface area contributed by atoms with E-state index < -0.39 is 0 Å². The van der Waals surface area contributed by atoms with E-state index in [0.29, 0.717) is 36.6 Å². The fourth-order valence-electron chi connectivity index (χ4n) is 5.13. The summed E-state index contributed by atoms with van der Waals surface area (Å²) in [6.45, 7) is 9.37. The highest BCUT2D eigenvalue weighted by atomic mass is 19.1. The third-order valence-corrected chi connectivity index (χ3v) is 7.49. The first-order valence-corrected chi connectivity index (χ1v) is 13.5. The van der Waals surface area contributed by atoms with Crippen molar-refractivity contribution in [1.82, 2.24) is 9.88 Å². The zero-order chi connectivity index (χ0) is 27.9. The van der Waals surface area contributed by atoms with Crippen molar-refractivity contribution in [3.8, 4) is 6.07 Å². The molecule has 0 unspecified atom stereocenters. The Morgan fingerprint density at radius 2 is 1.87 bits per heavy atom. The number of carbonyl (C=O) groups is 1. The Labute approximate surface area is 230 Å². The van der Waals surface area contributed by atoms with E-state index in [4.69, 9.17) is 0 Å². The maximum atomic E-state index is 13.6. The number of hydrogen-bond donors (Lipinski definition) is 1. The highest BCUT2D eigenvalue weighted by Crippen LogP contribution is 2.28. The second-order valence-electron chi connectivity index (χ2n) is 10.2. The van der Waals surface area contributed by atoms with E-state index in [1.54, 1.807) is 0 Å². The van der Waals surface area contributed by atoms with Gasteiger partial charge in [-0.05, 0) is 69.0 Å². The molecule has 1 aliphatic rings. The normalized spacial score (nSPS) is 13.6. The smallest absolute Gasteiger partial charge is 0.254 e. The third-order valence-electron chi connectivity index (χ3n) is 7.49. The Morgan fingerprint density at radius 1 is 1.13 bits per heavy atom. The van der Waals surface area contributed by atoms with Gasteiger partial charge in [-0.15, -0.1) is 0 Å². The second kappa shape index (κ2) is 12.6. The zero-order valence-electron chi connectivity index (χ0n) is 23.2. The number of pyridine rings is 1. The Balaban J connectivity index is 1.41. The molecule has 0 radical (unpaired) electrons. The lowest BCUT2D eigenvalue weighted by Crippen LogP contribution is -2.39. The number of aryl methyl sites for hydroxylation is 2. The summed E-state index contributed by atoms with van der Waals surface area (Å²) in [7, 11) is 1.85. The van der Waals surface area contributed by atoms with Crippen molar-refractivity contribution in [3.05, 3.63) is 82.8 Å². The quantitative estimate of drug-likeness (QED) is 0.402. The van der Waals surface area contributed by atoms with E-state index in [1.165, 1.54) is 18.3 Å². The lowest BCUT2D eigenvalue weighted by molar-refractivity contribution is 0.0768. The summed E-state index contributed by atoms with van der Waals surface area (Å²) < 4.78 is 13.6. The van der Waals surface area contributed by atoms with Crippen molar-refractivity contribution in [2.24, 2.45) is 0 Å². The van der Waals surface area contributed by atoms with Crippen LogP contribution in [0.4, 0.5) is 21.6 Å². The number of nitriles is 1. The number of nitrogens with one attached hydrogen (secondary N) is 1. The highest BCUT2D eigenvalue weighted by Gasteiger charge is 2.23. The molecule has 1 aliphatic heterocycles. The minimum absolute atomic E-state index is 0.0124. The van der Waals surface area contributed by atoms with Gasteiger partial charge >= 0.3 is 0 Å². The van der Waals surface area contributed by atoms with Crippen LogP contribution >= 0.6 is 0 Å². The van der Waals surface area contributed by atoms with Gasteiger partial charge in [-0.3, -0.25) is 4.79 Å². The summed E-state index contributed by atoms with van der Waals surface area (Å²) in [5, 5.41) is 13.2. The van der Waals surface area contributed by atoms with Crippen molar-refractivity contribution in [3.63, 3.8) is 0 Å². The van der Waals surface area contributed by atoms with Crippen LogP contribution in [0.5, 0.6) is 0 Å². The van der Waals surface area contributed by atoms with Crippen molar-refractivity contribution in [1.29, 1.82) is 5.26 Å². The Morgan fingerprint density at radius 3 is 2.56 bits per heavy atom. The van der Waals surface area contributed by atoms with Crippen LogP contribution in [-0.4, -0.2) is 61.6 Å². The van der Waals surface area contributed by atoms with Crippen LogP contribution in [0.15, 0.2) is 54.7 Å². The SMILES string of the molecule is CCN(CCN(C)c1cc(F)ccn1)C(=O)c1cc(NC2CCN(c3ccccc3C#N)CC2)c(C)cc1C. The van der Waals surface area contributed by atoms with E-state index in [9.17, 15) is 14.4 Å². The molecule has 1 N–H and O–H groups in total. The van der Waals surface area contributed by atoms with Crippen LogP contribution in [0.1, 0.15) is 46.8 Å². The molecule has 2 heterocycles. The molecule has 1 saturated heterocycles. The molecular weight excluding hydrogens is 491 g/mol. The molecule has 0 spiro atoms. The first-order valence-electron chi connectivity index (χ1n) is 13.5. The number of para-hydroxylation sites is 1. The molecule has 8 heteroatoms. The van der Waals surface area contributed by atoms with Gasteiger partial charge in [0, 0.05) is 69.3 Å². The number of halogens is 1. The molecule has 7 nitrogen and oxygen atoms in total. The van der Waals surface area contributed by atoms with Gasteiger partial charge in [0.15, 0.2) is 0 Å². The number of hydrogen-bond acceptors (Lipinski definition) is 6. The Hall–Kier alpha value is -4.12. The van der Waals surface area contributed by atoms with Gasteiger partial charge in [-0.1, -0.05) is 18.2 Å². The fraction of sp³-hybridized carbons (Fsp3) is 0.387. The summed E-state index contributed by atoms with van der Waals surface area (Å²) in [5.41, 5.74) is 5.44. The van der Waals surface area contributed by atoms with Gasteiger partial charge in [-0.25, -0.2) is 9.37 Å². The lowest BCUT2D eigenvalue weighted by atomic mass is 9.99. The van der Waals surface area contributed by atoms with Crippen LogP contribution in [0, 0.1) is 31.0 Å². The molecule has 0 atom stereocenters. The van der Waals surface area contributed by atoms with Crippen molar-refractivity contribution in [2.45, 2.75) is 39.7 Å². The summed E-state index contributed by atoms with van der Waals surface area (Å²) in [5.74, 6) is 0.198. The van der Waals surface area contributed by atoms with Gasteiger partial charge in [0.2, 0.25) is 0 Å². The van der Waals surface area contributed by atoms with E-state index in [1.807, 2.05) is 61.0 Å². The lowest BCUT2D eigenvalue weighted by Gasteiger charge is -2.35. The molecule has 2 aromatic carbocycles. The highest BCUT2D eigenvalue weighted by molar-refractivity contribution is 5.97. The molecule has 39 heavy (non-hydrogen) atoms. The van der Waals surface area contributed by atoms with Crippen LogP contribution in [-0.2, 0) is 0 Å². The summed E-state index contributed by atoms with van der Waals surface area (Å²) >= 11 is 0. The minimum atomic E-state index is -0.330. The molecule has 204 valence electrons. The molecular formula is C31H37FN6O. The van der Waals surface area contributed by atoms with Crippen molar-refractivity contribution < 1.29 is 9.18 Å². The predicted molar refractivity (Wildman–Crippen MR) is 155 cm³/mol. The molecule has 3 aromatic rings. The standard InChI is InChI=1S/C31H37FN6O/c1-5-37(17-16-36(4)30-19-25(32)10-13-34-30)31(39)27-20-28(23(3)18-22(27)2)35-26-11-14-38(15-12-26)29-9-7-6-8-24(29)21-33/h6-10,13,18-20,26,35H,5,11-12,14-17H2,1-4H3. The van der Waals surface area contributed by atoms with E-state index in [2.05, 4.69) is 34.3 Å². The number of amides is 1. The van der Waals surface area contributed by atoms with Crippen molar-refractivity contribution >= 4 is 23.1 Å². The molecule has 0 aliphatic carbocycles. The average Bonchev–Trinajstić information content (AvgIpc) is 2.95. The first kappa shape index (κ1) is 27.9. The largest absolute Gasteiger partial charge is 0.382 e. The van der Waals surface area contributed by atoms with Gasteiger partial charge < -0.3 is 20.0 Å². The molecule has 1 aromatic heterocycles. The van der Waals surface area contributed by atoms with Gasteiger partial charge in [0.05, 0.1) is 11.3 Å². The van der Waals surface area contributed by atoms with Gasteiger partial charge in [0.1, 0.15) is 17.7 Å². The number of nitrogens with zero attached hydrogens (tertiary/aromatic N) is 5. The van der Waals surface area contributed by atoms with E-state index in [0.717, 1.165) is 48.4 Å². The number of aromatic nitrogens is 1. The monoisotopic (exact) mass is 528 g/mol. The topological polar surface area (TPSA) is 75.5 Å². The number of anilines is 3. The van der Waals surface area contributed by atoms with Crippen LogP contribution in [0.3, 0.4) is 0 Å².